The molecule has 35 heavy (non-hydrogen) atoms. The minimum atomic E-state index is -0.0201. The number of methoxy groups -OCH3 is 3. The van der Waals surface area contributed by atoms with Crippen LogP contribution < -0.4 is 24.8 Å². The van der Waals surface area contributed by atoms with E-state index in [1.54, 1.807) is 32.7 Å². The van der Waals surface area contributed by atoms with Crippen LogP contribution in [0, 0.1) is 0 Å². The van der Waals surface area contributed by atoms with Gasteiger partial charge in [0.15, 0.2) is 15.8 Å². The molecule has 0 fully saturated rings. The van der Waals surface area contributed by atoms with Gasteiger partial charge in [0.05, 0.1) is 43.0 Å². The molecule has 0 spiro atoms. The fourth-order valence-electron chi connectivity index (χ4n) is 3.51. The van der Waals surface area contributed by atoms with E-state index in [1.807, 2.05) is 54.6 Å². The molecular formula is C26H27N3O4S2. The van der Waals surface area contributed by atoms with E-state index in [4.69, 9.17) is 14.2 Å². The summed E-state index contributed by atoms with van der Waals surface area (Å²) in [5.74, 6) is 2.45. The zero-order chi connectivity index (χ0) is 24.6. The molecule has 0 bridgehead atoms. The van der Waals surface area contributed by atoms with E-state index < -0.39 is 0 Å². The van der Waals surface area contributed by atoms with Gasteiger partial charge in [0.2, 0.25) is 5.91 Å². The molecule has 0 radical (unpaired) electrons. The van der Waals surface area contributed by atoms with E-state index in [1.165, 1.54) is 11.8 Å². The Balaban J connectivity index is 1.29. The highest BCUT2D eigenvalue weighted by Crippen LogP contribution is 2.33. The summed E-state index contributed by atoms with van der Waals surface area (Å²) in [6.07, 6.45) is 0.708. The minimum Gasteiger partial charge on any atom is -0.495 e. The molecule has 0 aliphatic heterocycles. The van der Waals surface area contributed by atoms with Crippen molar-refractivity contribution >= 4 is 50.6 Å². The van der Waals surface area contributed by atoms with Gasteiger partial charge in [-0.25, -0.2) is 4.98 Å². The number of rotatable bonds is 11. The molecule has 0 aliphatic carbocycles. The van der Waals surface area contributed by atoms with Crippen LogP contribution in [0.15, 0.2) is 65.0 Å². The lowest BCUT2D eigenvalue weighted by molar-refractivity contribution is -0.118. The minimum absolute atomic E-state index is 0.0201. The second-order valence-electron chi connectivity index (χ2n) is 7.57. The van der Waals surface area contributed by atoms with Gasteiger partial charge < -0.3 is 24.8 Å². The molecule has 0 saturated heterocycles. The fraction of sp³-hybridized carbons (Fsp3) is 0.231. The number of benzene rings is 3. The first-order valence-electron chi connectivity index (χ1n) is 11.0. The summed E-state index contributed by atoms with van der Waals surface area (Å²) in [6, 6.07) is 19.6. The van der Waals surface area contributed by atoms with Crippen molar-refractivity contribution in [1.82, 2.24) is 10.3 Å². The van der Waals surface area contributed by atoms with E-state index in [9.17, 15) is 4.79 Å². The number of thioether (sulfide) groups is 1. The number of thiazole rings is 1. The van der Waals surface area contributed by atoms with Crippen molar-refractivity contribution < 1.29 is 19.0 Å². The number of para-hydroxylation sites is 2. The number of nitrogens with zero attached hydrogens (tertiary/aromatic N) is 1. The zero-order valence-corrected chi connectivity index (χ0v) is 21.4. The number of nitrogens with one attached hydrogen (secondary N) is 2. The van der Waals surface area contributed by atoms with Crippen LogP contribution in [0.2, 0.25) is 0 Å². The molecule has 1 aromatic heterocycles. The van der Waals surface area contributed by atoms with Crippen LogP contribution in [0.3, 0.4) is 0 Å². The summed E-state index contributed by atoms with van der Waals surface area (Å²) < 4.78 is 17.9. The Morgan fingerprint density at radius 2 is 1.74 bits per heavy atom. The van der Waals surface area contributed by atoms with Crippen molar-refractivity contribution in [1.29, 1.82) is 0 Å². The van der Waals surface area contributed by atoms with Crippen LogP contribution in [0.5, 0.6) is 17.2 Å². The van der Waals surface area contributed by atoms with Gasteiger partial charge in [-0.2, -0.15) is 0 Å². The van der Waals surface area contributed by atoms with Crippen LogP contribution in [0.1, 0.15) is 5.56 Å². The first kappa shape index (κ1) is 24.7. The largest absolute Gasteiger partial charge is 0.495 e. The van der Waals surface area contributed by atoms with Gasteiger partial charge in [0.1, 0.15) is 5.75 Å². The van der Waals surface area contributed by atoms with Crippen molar-refractivity contribution in [3.8, 4) is 17.2 Å². The molecule has 0 atom stereocenters. The molecule has 3 aromatic carbocycles. The van der Waals surface area contributed by atoms with Gasteiger partial charge in [-0.3, -0.25) is 4.79 Å². The molecule has 1 amide bonds. The van der Waals surface area contributed by atoms with Crippen LogP contribution in [-0.2, 0) is 11.2 Å². The SMILES string of the molecule is COc1ccccc1Nc1ccc2nc(SCC(=O)NCCc3ccc(OC)c(OC)c3)sc2c1. The zero-order valence-electron chi connectivity index (χ0n) is 19.8. The van der Waals surface area contributed by atoms with Crippen molar-refractivity contribution in [2.75, 3.05) is 38.9 Å². The standard InChI is InChI=1S/C26H27N3O4S2/c1-31-21-7-5-4-6-19(21)28-18-9-10-20-24(15-18)35-26(29-20)34-16-25(30)27-13-12-17-8-11-22(32-2)23(14-17)33-3/h4-11,14-15,28H,12-13,16H2,1-3H3,(H,27,30). The summed E-state index contributed by atoms with van der Waals surface area (Å²) in [7, 11) is 4.88. The third-order valence-electron chi connectivity index (χ3n) is 5.27. The number of ether oxygens (including phenoxy) is 3. The lowest BCUT2D eigenvalue weighted by Gasteiger charge is -2.10. The molecule has 182 valence electrons. The number of carbonyl (C=O) groups excluding carboxylic acids is 1. The monoisotopic (exact) mass is 509 g/mol. The van der Waals surface area contributed by atoms with E-state index in [0.717, 1.165) is 37.2 Å². The first-order chi connectivity index (χ1) is 17.1. The van der Waals surface area contributed by atoms with Gasteiger partial charge >= 0.3 is 0 Å². The van der Waals surface area contributed by atoms with Crippen LogP contribution in [-0.4, -0.2) is 44.5 Å². The maximum atomic E-state index is 12.3. The van der Waals surface area contributed by atoms with Crippen molar-refractivity contribution in [3.63, 3.8) is 0 Å². The van der Waals surface area contributed by atoms with Crippen molar-refractivity contribution in [2.45, 2.75) is 10.8 Å². The van der Waals surface area contributed by atoms with E-state index in [0.29, 0.717) is 30.2 Å². The average Bonchev–Trinajstić information content (AvgIpc) is 3.30. The predicted octanol–water partition coefficient (Wildman–Crippen LogP) is 5.52. The second-order valence-corrected chi connectivity index (χ2v) is 9.82. The molecule has 0 unspecified atom stereocenters. The Kier molecular flexibility index (Phi) is 8.33. The van der Waals surface area contributed by atoms with Gasteiger partial charge in [-0.1, -0.05) is 30.0 Å². The summed E-state index contributed by atoms with van der Waals surface area (Å²) in [4.78, 5) is 17.0. The number of amides is 1. The molecule has 0 saturated carbocycles. The molecule has 1 heterocycles. The number of aromatic nitrogens is 1. The van der Waals surface area contributed by atoms with E-state index in [2.05, 4.69) is 21.7 Å². The summed E-state index contributed by atoms with van der Waals surface area (Å²) >= 11 is 3.02. The number of carbonyl (C=O) groups is 1. The molecular weight excluding hydrogens is 482 g/mol. The molecule has 4 aromatic rings. The first-order valence-corrected chi connectivity index (χ1v) is 12.8. The Hall–Kier alpha value is -3.43. The quantitative estimate of drug-likeness (QED) is 0.258. The average molecular weight is 510 g/mol. The predicted molar refractivity (Wildman–Crippen MR) is 143 cm³/mol. The molecule has 2 N–H and O–H groups in total. The van der Waals surface area contributed by atoms with Gasteiger partial charge in [0, 0.05) is 12.2 Å². The van der Waals surface area contributed by atoms with Crippen molar-refractivity contribution in [2.24, 2.45) is 0 Å². The third-order valence-corrected chi connectivity index (χ3v) is 7.43. The summed E-state index contributed by atoms with van der Waals surface area (Å²) in [5, 5.41) is 6.36. The van der Waals surface area contributed by atoms with Gasteiger partial charge in [-0.05, 0) is 54.4 Å². The lowest BCUT2D eigenvalue weighted by Crippen LogP contribution is -2.27. The van der Waals surface area contributed by atoms with Crippen LogP contribution >= 0.6 is 23.1 Å². The maximum absolute atomic E-state index is 12.3. The van der Waals surface area contributed by atoms with Gasteiger partial charge in [0.25, 0.3) is 0 Å². The molecule has 9 heteroatoms. The third kappa shape index (κ3) is 6.37. The molecule has 7 nitrogen and oxygen atoms in total. The van der Waals surface area contributed by atoms with E-state index in [-0.39, 0.29) is 5.91 Å². The highest BCUT2D eigenvalue weighted by molar-refractivity contribution is 8.01. The topological polar surface area (TPSA) is 81.7 Å². The highest BCUT2D eigenvalue weighted by Gasteiger charge is 2.10. The number of hydrogen-bond acceptors (Lipinski definition) is 8. The smallest absolute Gasteiger partial charge is 0.230 e. The summed E-state index contributed by atoms with van der Waals surface area (Å²) in [5.41, 5.74) is 3.84. The fourth-order valence-corrected chi connectivity index (χ4v) is 5.44. The normalized spacial score (nSPS) is 10.7. The van der Waals surface area contributed by atoms with E-state index >= 15 is 0 Å². The van der Waals surface area contributed by atoms with Crippen LogP contribution in [0.4, 0.5) is 11.4 Å². The lowest BCUT2D eigenvalue weighted by atomic mass is 10.1. The second kappa shape index (κ2) is 11.8. The number of fused-ring (bicyclic) bond motifs is 1. The highest BCUT2D eigenvalue weighted by atomic mass is 32.2. The molecule has 4 rings (SSSR count). The Morgan fingerprint density at radius 3 is 2.54 bits per heavy atom. The van der Waals surface area contributed by atoms with Crippen LogP contribution in [0.25, 0.3) is 10.2 Å². The number of hydrogen-bond donors (Lipinski definition) is 2. The Morgan fingerprint density at radius 1 is 0.943 bits per heavy atom. The summed E-state index contributed by atoms with van der Waals surface area (Å²) in [6.45, 7) is 0.548. The van der Waals surface area contributed by atoms with Crippen molar-refractivity contribution in [3.05, 3.63) is 66.2 Å². The Bertz CT molecular complexity index is 1310. The Labute approximate surface area is 212 Å². The number of anilines is 2. The molecule has 0 aliphatic rings. The van der Waals surface area contributed by atoms with Gasteiger partial charge in [-0.15, -0.1) is 11.3 Å². The maximum Gasteiger partial charge on any atom is 0.230 e.